The Morgan fingerprint density at radius 3 is 2.57 bits per heavy atom. The molecule has 7 nitrogen and oxygen atoms in total. The van der Waals surface area contributed by atoms with Crippen molar-refractivity contribution >= 4 is 45.6 Å². The minimum absolute atomic E-state index is 0.102. The Morgan fingerprint density at radius 1 is 1.32 bits per heavy atom. The third-order valence-corrected chi connectivity index (χ3v) is 6.45. The number of aryl methyl sites for hydroxylation is 1. The van der Waals surface area contributed by atoms with Crippen molar-refractivity contribution in [2.75, 3.05) is 11.1 Å². The van der Waals surface area contributed by atoms with E-state index in [2.05, 4.69) is 19.2 Å². The summed E-state index contributed by atoms with van der Waals surface area (Å²) < 4.78 is 0. The summed E-state index contributed by atoms with van der Waals surface area (Å²) in [6.45, 7) is 7.78. The van der Waals surface area contributed by atoms with Crippen LogP contribution in [0.5, 0.6) is 0 Å². The Labute approximate surface area is 171 Å². The highest BCUT2D eigenvalue weighted by molar-refractivity contribution is 7.99. The quantitative estimate of drug-likeness (QED) is 0.362. The van der Waals surface area contributed by atoms with Crippen LogP contribution < -0.4 is 11.1 Å². The smallest absolute Gasteiger partial charge is 0.283 e. The van der Waals surface area contributed by atoms with E-state index in [0.717, 1.165) is 22.6 Å². The van der Waals surface area contributed by atoms with E-state index in [9.17, 15) is 19.7 Å². The van der Waals surface area contributed by atoms with E-state index in [-0.39, 0.29) is 16.8 Å². The standard InChI is InChI=1S/C19H23N3O4S2/c1-10(2)7-8-27-15-6-5-13(9-14(15)22(25)26)18(24)21-19-16(17(20)23)11(3)12(4)28-19/h5-6,9-10H,7-8H2,1-4H3,(H2,20,23)(H,21,24). The molecule has 0 aliphatic rings. The molecule has 0 unspecified atom stereocenters. The molecule has 150 valence electrons. The summed E-state index contributed by atoms with van der Waals surface area (Å²) in [5.41, 5.74) is 6.46. The number of rotatable bonds is 8. The molecule has 0 saturated carbocycles. The van der Waals surface area contributed by atoms with Crippen LogP contribution in [0.2, 0.25) is 0 Å². The number of thioether (sulfide) groups is 1. The molecule has 0 atom stereocenters. The first-order chi connectivity index (χ1) is 13.1. The number of nitro groups is 1. The van der Waals surface area contributed by atoms with Gasteiger partial charge in [0.15, 0.2) is 0 Å². The first-order valence-electron chi connectivity index (χ1n) is 8.74. The molecule has 0 radical (unpaired) electrons. The number of anilines is 1. The zero-order chi connectivity index (χ0) is 21.0. The minimum atomic E-state index is -0.625. The Balaban J connectivity index is 2.27. The van der Waals surface area contributed by atoms with Crippen LogP contribution in [0, 0.1) is 29.9 Å². The lowest BCUT2D eigenvalue weighted by Gasteiger charge is -2.08. The van der Waals surface area contributed by atoms with Crippen LogP contribution in [-0.4, -0.2) is 22.5 Å². The molecule has 0 bridgehead atoms. The number of nitrogens with two attached hydrogens (primary N) is 1. The molecular formula is C19H23N3O4S2. The van der Waals surface area contributed by atoms with E-state index in [1.54, 1.807) is 19.1 Å². The maximum atomic E-state index is 12.6. The van der Waals surface area contributed by atoms with Crippen LogP contribution in [0.25, 0.3) is 0 Å². The van der Waals surface area contributed by atoms with Gasteiger partial charge in [0.1, 0.15) is 5.00 Å². The van der Waals surface area contributed by atoms with Crippen LogP contribution >= 0.6 is 23.1 Å². The average molecular weight is 422 g/mol. The number of carbonyl (C=O) groups is 2. The molecule has 3 N–H and O–H groups in total. The zero-order valence-corrected chi connectivity index (χ0v) is 17.8. The number of nitrogens with zero attached hydrogens (tertiary/aromatic N) is 1. The number of nitro benzene ring substituents is 1. The maximum absolute atomic E-state index is 12.6. The zero-order valence-electron chi connectivity index (χ0n) is 16.2. The monoisotopic (exact) mass is 421 g/mol. The van der Waals surface area contributed by atoms with E-state index in [1.165, 1.54) is 29.2 Å². The second-order valence-corrected chi connectivity index (χ2v) is 9.14. The van der Waals surface area contributed by atoms with Gasteiger partial charge in [0.25, 0.3) is 17.5 Å². The van der Waals surface area contributed by atoms with Crippen molar-refractivity contribution in [1.29, 1.82) is 0 Å². The van der Waals surface area contributed by atoms with Gasteiger partial charge in [-0.1, -0.05) is 13.8 Å². The van der Waals surface area contributed by atoms with Crippen molar-refractivity contribution in [2.45, 2.75) is 39.0 Å². The number of thiophene rings is 1. The van der Waals surface area contributed by atoms with Crippen LogP contribution in [0.1, 0.15) is 51.4 Å². The van der Waals surface area contributed by atoms with Gasteiger partial charge in [0.2, 0.25) is 0 Å². The molecule has 9 heteroatoms. The third kappa shape index (κ3) is 5.11. The van der Waals surface area contributed by atoms with Gasteiger partial charge in [-0.15, -0.1) is 23.1 Å². The van der Waals surface area contributed by atoms with Crippen molar-refractivity contribution in [1.82, 2.24) is 0 Å². The molecule has 2 aromatic rings. The van der Waals surface area contributed by atoms with Gasteiger partial charge >= 0.3 is 0 Å². The van der Waals surface area contributed by atoms with Crippen LogP contribution in [0.4, 0.5) is 10.7 Å². The van der Waals surface area contributed by atoms with Crippen molar-refractivity contribution < 1.29 is 14.5 Å². The fourth-order valence-electron chi connectivity index (χ4n) is 2.51. The van der Waals surface area contributed by atoms with E-state index in [0.29, 0.717) is 15.8 Å². The molecule has 0 spiro atoms. The lowest BCUT2D eigenvalue weighted by molar-refractivity contribution is -0.387. The van der Waals surface area contributed by atoms with E-state index < -0.39 is 16.7 Å². The number of hydrogen-bond donors (Lipinski definition) is 2. The molecule has 2 rings (SSSR count). The van der Waals surface area contributed by atoms with Crippen molar-refractivity contribution in [3.63, 3.8) is 0 Å². The van der Waals surface area contributed by atoms with Gasteiger partial charge in [-0.2, -0.15) is 0 Å². The highest BCUT2D eigenvalue weighted by atomic mass is 32.2. The van der Waals surface area contributed by atoms with Gasteiger partial charge in [-0.3, -0.25) is 19.7 Å². The summed E-state index contributed by atoms with van der Waals surface area (Å²) in [4.78, 5) is 36.7. The van der Waals surface area contributed by atoms with E-state index in [1.807, 2.05) is 6.92 Å². The molecule has 0 saturated heterocycles. The summed E-state index contributed by atoms with van der Waals surface area (Å²) in [6, 6.07) is 4.42. The predicted octanol–water partition coefficient (Wildman–Crippen LogP) is 4.76. The normalized spacial score (nSPS) is 10.9. The summed E-state index contributed by atoms with van der Waals surface area (Å²) in [5, 5.41) is 14.5. The first kappa shape index (κ1) is 21.9. The van der Waals surface area contributed by atoms with Crippen molar-refractivity contribution in [3.05, 3.63) is 49.9 Å². The molecule has 28 heavy (non-hydrogen) atoms. The molecule has 0 aliphatic heterocycles. The lowest BCUT2D eigenvalue weighted by atomic mass is 10.1. The summed E-state index contributed by atoms with van der Waals surface area (Å²) >= 11 is 2.66. The molecule has 1 heterocycles. The first-order valence-corrected chi connectivity index (χ1v) is 10.5. The summed E-state index contributed by atoms with van der Waals surface area (Å²) in [6.07, 6.45) is 0.942. The maximum Gasteiger partial charge on any atom is 0.283 e. The molecular weight excluding hydrogens is 398 g/mol. The number of benzene rings is 1. The third-order valence-electron chi connectivity index (χ3n) is 4.23. The number of nitrogens with one attached hydrogen (secondary N) is 1. The van der Waals surface area contributed by atoms with E-state index >= 15 is 0 Å². The Kier molecular flexibility index (Phi) is 7.20. The topological polar surface area (TPSA) is 115 Å². The second kappa shape index (κ2) is 9.20. The highest BCUT2D eigenvalue weighted by Crippen LogP contribution is 2.34. The number of carbonyl (C=O) groups excluding carboxylic acids is 2. The second-order valence-electron chi connectivity index (χ2n) is 6.78. The molecule has 2 amide bonds. The Bertz CT molecular complexity index is 922. The molecule has 0 fully saturated rings. The Hall–Kier alpha value is -2.39. The molecule has 1 aromatic carbocycles. The number of primary amides is 1. The number of amides is 2. The van der Waals surface area contributed by atoms with Gasteiger partial charge in [-0.25, -0.2) is 0 Å². The van der Waals surface area contributed by atoms with Gasteiger partial charge in [-0.05, 0) is 49.6 Å². The van der Waals surface area contributed by atoms with E-state index in [4.69, 9.17) is 5.73 Å². The van der Waals surface area contributed by atoms with Gasteiger partial charge < -0.3 is 11.1 Å². The van der Waals surface area contributed by atoms with Gasteiger partial charge in [0, 0.05) is 16.5 Å². The van der Waals surface area contributed by atoms with Crippen molar-refractivity contribution in [2.24, 2.45) is 11.7 Å². The summed E-state index contributed by atoms with van der Waals surface area (Å²) in [5.74, 6) is 0.124. The lowest BCUT2D eigenvalue weighted by Crippen LogP contribution is -2.17. The Morgan fingerprint density at radius 2 is 2.00 bits per heavy atom. The fourth-order valence-corrected chi connectivity index (χ4v) is 4.83. The molecule has 0 aliphatic carbocycles. The summed E-state index contributed by atoms with van der Waals surface area (Å²) in [7, 11) is 0. The van der Waals surface area contributed by atoms with Crippen LogP contribution in [0.15, 0.2) is 23.1 Å². The van der Waals surface area contributed by atoms with Crippen molar-refractivity contribution in [3.8, 4) is 0 Å². The minimum Gasteiger partial charge on any atom is -0.365 e. The number of hydrogen-bond acceptors (Lipinski definition) is 6. The van der Waals surface area contributed by atoms with Crippen LogP contribution in [0.3, 0.4) is 0 Å². The van der Waals surface area contributed by atoms with Crippen LogP contribution in [-0.2, 0) is 0 Å². The fraction of sp³-hybridized carbons (Fsp3) is 0.368. The van der Waals surface area contributed by atoms with Gasteiger partial charge in [0.05, 0.1) is 15.4 Å². The highest BCUT2D eigenvalue weighted by Gasteiger charge is 2.22. The average Bonchev–Trinajstić information content (AvgIpc) is 2.88. The largest absolute Gasteiger partial charge is 0.365 e. The molecule has 1 aromatic heterocycles. The SMILES string of the molecule is Cc1sc(NC(=O)c2ccc(SCCC(C)C)c([N+](=O)[O-])c2)c(C(N)=O)c1C. The predicted molar refractivity (Wildman–Crippen MR) is 114 cm³/mol.